The van der Waals surface area contributed by atoms with Crippen LogP contribution in [0.15, 0.2) is 33.8 Å². The number of carbonyl (C=O) groups is 1. The van der Waals surface area contributed by atoms with E-state index in [0.717, 1.165) is 9.52 Å². The molecule has 1 heterocycles. The van der Waals surface area contributed by atoms with Crippen LogP contribution in [-0.4, -0.2) is 41.3 Å². The molecule has 2 rings (SSSR count). The van der Waals surface area contributed by atoms with Crippen LogP contribution < -0.4 is 9.47 Å². The molecule has 0 bridgehead atoms. The zero-order chi connectivity index (χ0) is 23.7. The third kappa shape index (κ3) is 6.45. The predicted octanol–water partition coefficient (Wildman–Crippen LogP) is 7.70. The number of fused-ring (bicyclic) bond motifs is 1. The molecule has 1 aliphatic rings. The minimum atomic E-state index is -3.06. The first-order valence-corrected chi connectivity index (χ1v) is 20.3. The van der Waals surface area contributed by atoms with E-state index in [0.29, 0.717) is 11.5 Å². The van der Waals surface area contributed by atoms with Crippen molar-refractivity contribution in [2.75, 3.05) is 0 Å². The van der Waals surface area contributed by atoms with Gasteiger partial charge in [0.1, 0.15) is 0 Å². The van der Waals surface area contributed by atoms with Gasteiger partial charge < -0.3 is 0 Å². The van der Waals surface area contributed by atoms with Crippen molar-refractivity contribution < 1.29 is 14.3 Å². The van der Waals surface area contributed by atoms with Gasteiger partial charge in [-0.3, -0.25) is 0 Å². The topological polar surface area (TPSA) is 38.8 Å². The normalized spacial score (nSPS) is 13.8. The van der Waals surface area contributed by atoms with Gasteiger partial charge in [0.05, 0.1) is 0 Å². The molecule has 5 heteroatoms. The fourth-order valence-corrected chi connectivity index (χ4v) is 20.5. The molecule has 32 heavy (non-hydrogen) atoms. The Morgan fingerprint density at radius 3 is 1.66 bits per heavy atom. The summed E-state index contributed by atoms with van der Waals surface area (Å²) in [5.74, 6) is 1.91. The Morgan fingerprint density at radius 1 is 0.812 bits per heavy atom. The van der Waals surface area contributed by atoms with E-state index in [2.05, 4.69) is 48.5 Å². The Labute approximate surface area is 200 Å². The Bertz CT molecular complexity index is 742. The molecule has 0 saturated heterocycles. The Balaban J connectivity index is 2.68. The Hall–Kier alpha value is -1.17. The minimum absolute atomic E-state index is 0.00919. The fourth-order valence-electron chi connectivity index (χ4n) is 4.86. The monoisotopic (exact) mass is 551 g/mol. The quantitative estimate of drug-likeness (QED) is 0.236. The average Bonchev–Trinajstić information content (AvgIpc) is 2.77. The summed E-state index contributed by atoms with van der Waals surface area (Å²) in [4.78, 5) is 15.9. The number of benzene rings is 1. The first kappa shape index (κ1) is 27.1. The molecule has 0 fully saturated rings. The molecule has 0 N–H and O–H groups in total. The average molecular weight is 550 g/mol. The van der Waals surface area contributed by atoms with Crippen molar-refractivity contribution in [2.24, 2.45) is 0 Å². The van der Waals surface area contributed by atoms with Crippen LogP contribution >= 0.6 is 0 Å². The Morgan fingerprint density at radius 2 is 1.25 bits per heavy atom. The molecule has 0 unspecified atom stereocenters. The van der Waals surface area contributed by atoms with Gasteiger partial charge >= 0.3 is 201 Å². The molecule has 1 aromatic carbocycles. The van der Waals surface area contributed by atoms with Gasteiger partial charge in [-0.2, -0.15) is 0 Å². The number of hydrogen-bond donors (Lipinski definition) is 0. The van der Waals surface area contributed by atoms with E-state index in [1.54, 1.807) is 0 Å². The van der Waals surface area contributed by atoms with Crippen LogP contribution in [0.5, 0.6) is 11.5 Å². The number of carbonyl (C=O) groups excluding carboxylic acids is 1. The summed E-state index contributed by atoms with van der Waals surface area (Å²) in [5.41, 5.74) is 0. The van der Waals surface area contributed by atoms with Gasteiger partial charge in [0.15, 0.2) is 0 Å². The number of unbranched alkanes of at least 4 members (excludes halogenated alkanes) is 3. The van der Waals surface area contributed by atoms with E-state index in [4.69, 9.17) is 9.47 Å². The van der Waals surface area contributed by atoms with Gasteiger partial charge in [-0.25, -0.2) is 0 Å². The van der Waals surface area contributed by atoms with Gasteiger partial charge in [0.2, 0.25) is 0 Å². The summed E-state index contributed by atoms with van der Waals surface area (Å²) in [6.45, 7) is 15.1. The second kappa shape index (κ2) is 12.9. The number of para-hydroxylation sites is 2. The number of hydrogen-bond acceptors (Lipinski definition) is 3. The van der Waals surface area contributed by atoms with Gasteiger partial charge in [-0.15, -0.1) is 0 Å². The third-order valence-corrected chi connectivity index (χ3v) is 21.4. The van der Waals surface area contributed by atoms with Crippen LogP contribution in [0.2, 0.25) is 13.3 Å². The third-order valence-electron chi connectivity index (χ3n) is 6.53. The number of rotatable bonds is 13. The Kier molecular flexibility index (Phi) is 10.9. The van der Waals surface area contributed by atoms with Crippen molar-refractivity contribution in [1.29, 1.82) is 0 Å². The second-order valence-electron chi connectivity index (χ2n) is 9.80. The molecule has 0 spiro atoms. The van der Waals surface area contributed by atoms with Crippen LogP contribution in [0.1, 0.15) is 87.0 Å². The number of nitrogens with zero attached hydrogens (tertiary/aromatic N) is 1. The van der Waals surface area contributed by atoms with Gasteiger partial charge in [-0.05, 0) is 0 Å². The zero-order valence-electron chi connectivity index (χ0n) is 21.5. The van der Waals surface area contributed by atoms with Crippen molar-refractivity contribution in [1.82, 2.24) is 4.90 Å². The summed E-state index contributed by atoms with van der Waals surface area (Å²) >= 11 is -3.06. The standard InChI is InChI=1S/C15H18NO3.3C4H9.Sn/c1-10(2)16(11(3)4)15(17)14-9-18-12-7-5-6-8-13(12)19-14;3*1-3-4-2;/h5-8,10-11H,1-4H3;3*1,3-4H2,2H3;. The van der Waals surface area contributed by atoms with E-state index in [1.807, 2.05) is 29.2 Å². The maximum absolute atomic E-state index is 14.0. The van der Waals surface area contributed by atoms with E-state index in [1.165, 1.54) is 51.8 Å². The number of amides is 1. The summed E-state index contributed by atoms with van der Waals surface area (Å²) in [6, 6.07) is 8.03. The first-order chi connectivity index (χ1) is 15.3. The van der Waals surface area contributed by atoms with Crippen LogP contribution in [0.4, 0.5) is 0 Å². The molecule has 0 aliphatic carbocycles. The van der Waals surface area contributed by atoms with Crippen molar-refractivity contribution in [3.8, 4) is 11.5 Å². The molecule has 1 aromatic rings. The van der Waals surface area contributed by atoms with Gasteiger partial charge in [0, 0.05) is 0 Å². The summed E-state index contributed by atoms with van der Waals surface area (Å²) in [6.07, 6.45) is 7.14. The molecular formula is C27H45NO3Sn. The molecule has 180 valence electrons. The van der Waals surface area contributed by atoms with E-state index < -0.39 is 18.4 Å². The number of ether oxygens (including phenoxy) is 2. The molecule has 0 saturated carbocycles. The maximum atomic E-state index is 14.0. The van der Waals surface area contributed by atoms with E-state index in [9.17, 15) is 4.79 Å². The molecule has 0 aromatic heterocycles. The molecule has 4 nitrogen and oxygen atoms in total. The van der Waals surface area contributed by atoms with Crippen LogP contribution in [0.3, 0.4) is 0 Å². The molecule has 1 aliphatic heterocycles. The van der Waals surface area contributed by atoms with Crippen LogP contribution in [-0.2, 0) is 4.79 Å². The summed E-state index contributed by atoms with van der Waals surface area (Å²) in [5, 5.41) is 0. The molecule has 0 radical (unpaired) electrons. The van der Waals surface area contributed by atoms with Crippen molar-refractivity contribution in [3.05, 3.63) is 33.8 Å². The van der Waals surface area contributed by atoms with Gasteiger partial charge in [-0.1, -0.05) is 0 Å². The predicted molar refractivity (Wildman–Crippen MR) is 137 cm³/mol. The fraction of sp³-hybridized carbons (Fsp3) is 0.667. The second-order valence-corrected chi connectivity index (χ2v) is 22.7. The molecular weight excluding hydrogens is 505 g/mol. The van der Waals surface area contributed by atoms with E-state index in [-0.39, 0.29) is 18.0 Å². The summed E-state index contributed by atoms with van der Waals surface area (Å²) < 4.78 is 17.8. The molecule has 0 atom stereocenters. The van der Waals surface area contributed by atoms with Gasteiger partial charge in [0.25, 0.3) is 0 Å². The van der Waals surface area contributed by atoms with E-state index >= 15 is 0 Å². The van der Waals surface area contributed by atoms with Crippen molar-refractivity contribution in [3.63, 3.8) is 0 Å². The van der Waals surface area contributed by atoms with Crippen LogP contribution in [0.25, 0.3) is 0 Å². The van der Waals surface area contributed by atoms with Crippen molar-refractivity contribution >= 4 is 24.3 Å². The van der Waals surface area contributed by atoms with Crippen molar-refractivity contribution in [2.45, 2.75) is 112 Å². The first-order valence-electron chi connectivity index (χ1n) is 12.8. The summed E-state index contributed by atoms with van der Waals surface area (Å²) in [7, 11) is 0. The van der Waals surface area contributed by atoms with Crippen LogP contribution in [0, 0.1) is 0 Å². The molecule has 1 amide bonds. The zero-order valence-corrected chi connectivity index (χ0v) is 24.4. The SMILES string of the molecule is CCC[CH2][Sn]([CH2]CCC)([CH2]CCC)[C]1=C(C(=O)N(C(C)C)C(C)C)Oc2ccccc2O1.